The number of rotatable bonds is 70. The number of hydrogen-bond donors (Lipinski definition) is 3. The summed E-state index contributed by atoms with van der Waals surface area (Å²) in [5.41, 5.74) is 0. The molecule has 0 spiro atoms. The van der Waals surface area contributed by atoms with E-state index in [1.54, 1.807) is 0 Å². The average Bonchev–Trinajstić information content (AvgIpc) is 3.49. The van der Waals surface area contributed by atoms with Crippen LogP contribution in [0.25, 0.3) is 0 Å². The van der Waals surface area contributed by atoms with E-state index in [0.29, 0.717) is 25.9 Å². The number of unbranched alkanes of at least 4 members (excludes halogenated alkanes) is 51. The molecule has 1 amide bonds. The molecule has 0 rings (SSSR count). The van der Waals surface area contributed by atoms with Gasteiger partial charge in [-0.25, -0.2) is 0 Å². The number of ether oxygens (including phenoxy) is 1. The molecule has 0 aromatic heterocycles. The Balaban J connectivity index is 3.38. The molecule has 83 heavy (non-hydrogen) atoms. The summed E-state index contributed by atoms with van der Waals surface area (Å²) in [6.07, 6.45) is 94.6. The van der Waals surface area contributed by atoms with Crippen molar-refractivity contribution in [1.82, 2.24) is 5.32 Å². The van der Waals surface area contributed by atoms with Gasteiger partial charge in [-0.05, 0) is 89.9 Å². The average molecular weight is 1170 g/mol. The Morgan fingerprint density at radius 2 is 0.602 bits per heavy atom. The van der Waals surface area contributed by atoms with Gasteiger partial charge in [0.15, 0.2) is 0 Å². The van der Waals surface area contributed by atoms with Crippen LogP contribution < -0.4 is 5.32 Å². The molecule has 0 radical (unpaired) electrons. The second-order valence-electron chi connectivity index (χ2n) is 25.6. The van der Waals surface area contributed by atoms with Crippen LogP contribution in [0.4, 0.5) is 0 Å². The van der Waals surface area contributed by atoms with Gasteiger partial charge in [-0.15, -0.1) is 0 Å². The molecule has 0 aromatic rings. The predicted octanol–water partition coefficient (Wildman–Crippen LogP) is 24.4. The van der Waals surface area contributed by atoms with Crippen LogP contribution >= 0.6 is 0 Å². The fourth-order valence-corrected chi connectivity index (χ4v) is 11.6. The third-order valence-electron chi connectivity index (χ3n) is 17.4. The van der Waals surface area contributed by atoms with Crippen LogP contribution in [0.15, 0.2) is 48.6 Å². The Bertz CT molecular complexity index is 1390. The monoisotopic (exact) mass is 1160 g/mol. The van der Waals surface area contributed by atoms with Gasteiger partial charge in [0, 0.05) is 12.8 Å². The standard InChI is InChI=1S/C77H145NO5/c1-3-5-7-9-11-13-15-17-19-38-43-47-51-55-59-63-67-71-77(82)83-72-68-64-60-56-52-48-44-40-37-35-33-31-29-27-25-23-21-22-24-26-28-30-32-34-36-39-42-46-50-54-58-62-66-70-76(81)78-74(73-79)75(80)69-65-61-57-53-49-45-41-20-18-16-14-12-10-8-6-4-2/h11,13,17,19,25,27,31,33,74-75,79-80H,3-10,12,14-16,18,20-24,26,28-30,32,34-73H2,1-2H3,(H,78,81)/b13-11-,19-17-,27-25-,33-31-. The van der Waals surface area contributed by atoms with Crippen molar-refractivity contribution >= 4 is 11.9 Å². The molecular formula is C77H145NO5. The lowest BCUT2D eigenvalue weighted by Crippen LogP contribution is -2.45. The van der Waals surface area contributed by atoms with Gasteiger partial charge in [0.25, 0.3) is 0 Å². The summed E-state index contributed by atoms with van der Waals surface area (Å²) >= 11 is 0. The normalized spacial score (nSPS) is 12.8. The highest BCUT2D eigenvalue weighted by Gasteiger charge is 2.20. The molecule has 6 nitrogen and oxygen atoms in total. The zero-order valence-electron chi connectivity index (χ0n) is 55.9. The fraction of sp³-hybridized carbons (Fsp3) is 0.870. The van der Waals surface area contributed by atoms with Crippen LogP contribution in [0.1, 0.15) is 406 Å². The molecule has 0 aliphatic heterocycles. The van der Waals surface area contributed by atoms with Crippen molar-refractivity contribution in [2.24, 2.45) is 0 Å². The maximum Gasteiger partial charge on any atom is 0.305 e. The zero-order chi connectivity index (χ0) is 59.9. The third kappa shape index (κ3) is 68.8. The van der Waals surface area contributed by atoms with Crippen molar-refractivity contribution in [2.75, 3.05) is 13.2 Å². The highest BCUT2D eigenvalue weighted by Crippen LogP contribution is 2.19. The van der Waals surface area contributed by atoms with E-state index in [1.165, 1.54) is 315 Å². The number of allylic oxidation sites excluding steroid dienone is 8. The number of carbonyl (C=O) groups is 2. The largest absolute Gasteiger partial charge is 0.466 e. The van der Waals surface area contributed by atoms with Gasteiger partial charge in [-0.2, -0.15) is 0 Å². The molecule has 488 valence electrons. The van der Waals surface area contributed by atoms with Crippen LogP contribution in [0, 0.1) is 0 Å². The lowest BCUT2D eigenvalue weighted by molar-refractivity contribution is -0.143. The smallest absolute Gasteiger partial charge is 0.305 e. The molecule has 0 heterocycles. The summed E-state index contributed by atoms with van der Waals surface area (Å²) in [5.74, 6) is -0.0235. The highest BCUT2D eigenvalue weighted by atomic mass is 16.5. The van der Waals surface area contributed by atoms with Crippen LogP contribution in [0.5, 0.6) is 0 Å². The molecule has 2 atom stereocenters. The Kier molecular flexibility index (Phi) is 70.4. The van der Waals surface area contributed by atoms with E-state index in [1.807, 2.05) is 0 Å². The SMILES string of the molecule is CCCCC/C=C\C/C=C\CCCCCCCCCC(=O)OCCCCCCCCCCC/C=C\C/C=C\CCCCCCCCCCCCCCCCCCCC(=O)NC(CO)C(O)CCCCCCCCCCCCCCCCCC. The van der Waals surface area contributed by atoms with E-state index in [-0.39, 0.29) is 18.5 Å². The van der Waals surface area contributed by atoms with Crippen molar-refractivity contribution in [1.29, 1.82) is 0 Å². The number of aliphatic hydroxyl groups is 2. The van der Waals surface area contributed by atoms with Crippen molar-refractivity contribution < 1.29 is 24.5 Å². The summed E-state index contributed by atoms with van der Waals surface area (Å²) in [7, 11) is 0. The Morgan fingerprint density at radius 1 is 0.337 bits per heavy atom. The number of amides is 1. The van der Waals surface area contributed by atoms with Gasteiger partial charge in [-0.3, -0.25) is 9.59 Å². The van der Waals surface area contributed by atoms with Crippen molar-refractivity contribution in [3.05, 3.63) is 48.6 Å². The number of aliphatic hydroxyl groups excluding tert-OH is 2. The minimum Gasteiger partial charge on any atom is -0.466 e. The minimum atomic E-state index is -0.664. The summed E-state index contributed by atoms with van der Waals surface area (Å²) in [6.45, 7) is 4.95. The van der Waals surface area contributed by atoms with E-state index in [4.69, 9.17) is 4.74 Å². The topological polar surface area (TPSA) is 95.9 Å². The predicted molar refractivity (Wildman–Crippen MR) is 366 cm³/mol. The van der Waals surface area contributed by atoms with Gasteiger partial charge in [-0.1, -0.05) is 351 Å². The number of nitrogens with one attached hydrogen (secondary N) is 1. The van der Waals surface area contributed by atoms with E-state index in [2.05, 4.69) is 67.8 Å². The number of carbonyl (C=O) groups excluding carboxylic acids is 2. The first kappa shape index (κ1) is 80.8. The van der Waals surface area contributed by atoms with E-state index >= 15 is 0 Å². The van der Waals surface area contributed by atoms with Gasteiger partial charge in [0.2, 0.25) is 5.91 Å². The highest BCUT2D eigenvalue weighted by molar-refractivity contribution is 5.76. The number of esters is 1. The van der Waals surface area contributed by atoms with Gasteiger partial charge in [0.1, 0.15) is 0 Å². The first-order valence-electron chi connectivity index (χ1n) is 37.4. The van der Waals surface area contributed by atoms with E-state index in [9.17, 15) is 19.8 Å². The van der Waals surface area contributed by atoms with Gasteiger partial charge < -0.3 is 20.3 Å². The van der Waals surface area contributed by atoms with Crippen molar-refractivity contribution in [2.45, 2.75) is 418 Å². The molecule has 0 aliphatic rings. The minimum absolute atomic E-state index is 0.00667. The Hall–Kier alpha value is -2.18. The third-order valence-corrected chi connectivity index (χ3v) is 17.4. The fourth-order valence-electron chi connectivity index (χ4n) is 11.6. The second kappa shape index (κ2) is 72.3. The Morgan fingerprint density at radius 3 is 0.940 bits per heavy atom. The van der Waals surface area contributed by atoms with Crippen molar-refractivity contribution in [3.63, 3.8) is 0 Å². The van der Waals surface area contributed by atoms with Crippen LogP contribution in [-0.2, 0) is 14.3 Å². The molecule has 0 aliphatic carbocycles. The zero-order valence-corrected chi connectivity index (χ0v) is 55.9. The van der Waals surface area contributed by atoms with Crippen LogP contribution in [0.3, 0.4) is 0 Å². The van der Waals surface area contributed by atoms with Gasteiger partial charge >= 0.3 is 5.97 Å². The maximum absolute atomic E-state index is 12.5. The van der Waals surface area contributed by atoms with E-state index < -0.39 is 12.1 Å². The molecule has 0 bridgehead atoms. The first-order valence-corrected chi connectivity index (χ1v) is 37.4. The lowest BCUT2D eigenvalue weighted by Gasteiger charge is -2.22. The van der Waals surface area contributed by atoms with Gasteiger partial charge in [0.05, 0.1) is 25.4 Å². The second-order valence-corrected chi connectivity index (χ2v) is 25.6. The summed E-state index contributed by atoms with van der Waals surface area (Å²) in [6, 6.07) is -0.541. The summed E-state index contributed by atoms with van der Waals surface area (Å²) < 4.78 is 5.50. The van der Waals surface area contributed by atoms with Crippen LogP contribution in [-0.4, -0.2) is 47.4 Å². The maximum atomic E-state index is 12.5. The summed E-state index contributed by atoms with van der Waals surface area (Å²) in [4.78, 5) is 24.6. The molecule has 0 saturated heterocycles. The molecule has 3 N–H and O–H groups in total. The number of hydrogen-bond acceptors (Lipinski definition) is 5. The van der Waals surface area contributed by atoms with Crippen LogP contribution in [0.2, 0.25) is 0 Å². The molecule has 0 fully saturated rings. The Labute approximate surface area is 518 Å². The first-order chi connectivity index (χ1) is 41.0. The molecular weight excluding hydrogens is 1020 g/mol. The van der Waals surface area contributed by atoms with Crippen molar-refractivity contribution in [3.8, 4) is 0 Å². The molecule has 6 heteroatoms. The molecule has 0 aromatic carbocycles. The quantitative estimate of drug-likeness (QED) is 0.0320. The summed E-state index contributed by atoms with van der Waals surface area (Å²) in [5, 5.41) is 23.4. The molecule has 0 saturated carbocycles. The van der Waals surface area contributed by atoms with E-state index in [0.717, 1.165) is 57.8 Å². The lowest BCUT2D eigenvalue weighted by atomic mass is 10.0. The molecule has 2 unspecified atom stereocenters.